The SMILES string of the molecule is CCCCC1CCC(C(=O)Nc2cccc(S(C)(=O)=O)c2)CC1. The van der Waals surface area contributed by atoms with Crippen molar-refractivity contribution in [1.82, 2.24) is 0 Å². The minimum absolute atomic E-state index is 0.0181. The molecule has 0 aromatic heterocycles. The number of benzene rings is 1. The van der Waals surface area contributed by atoms with Gasteiger partial charge in [0.05, 0.1) is 4.90 Å². The van der Waals surface area contributed by atoms with Gasteiger partial charge in [0.1, 0.15) is 0 Å². The third-order valence-corrected chi connectivity index (χ3v) is 5.82. The van der Waals surface area contributed by atoms with Crippen molar-refractivity contribution in [3.8, 4) is 0 Å². The minimum atomic E-state index is -3.25. The van der Waals surface area contributed by atoms with Gasteiger partial charge in [0.25, 0.3) is 0 Å². The number of carbonyl (C=O) groups is 1. The Labute approximate surface area is 139 Å². The average molecular weight is 337 g/mol. The first-order chi connectivity index (χ1) is 10.9. The molecule has 1 fully saturated rings. The van der Waals surface area contributed by atoms with Gasteiger partial charge < -0.3 is 5.32 Å². The van der Waals surface area contributed by atoms with Crippen molar-refractivity contribution in [3.05, 3.63) is 24.3 Å². The second-order valence-corrected chi connectivity index (χ2v) is 8.66. The molecule has 1 aromatic rings. The second-order valence-electron chi connectivity index (χ2n) is 6.65. The van der Waals surface area contributed by atoms with Crippen LogP contribution in [0.1, 0.15) is 51.9 Å². The van der Waals surface area contributed by atoms with Crippen LogP contribution in [0.4, 0.5) is 5.69 Å². The predicted molar refractivity (Wildman–Crippen MR) is 93.2 cm³/mol. The van der Waals surface area contributed by atoms with Gasteiger partial charge in [-0.3, -0.25) is 4.79 Å². The Morgan fingerprint density at radius 3 is 2.52 bits per heavy atom. The van der Waals surface area contributed by atoms with Crippen LogP contribution in [0.5, 0.6) is 0 Å². The molecule has 1 saturated carbocycles. The molecule has 1 aliphatic carbocycles. The highest BCUT2D eigenvalue weighted by atomic mass is 32.2. The molecule has 0 spiro atoms. The first-order valence-electron chi connectivity index (χ1n) is 8.51. The number of hydrogen-bond donors (Lipinski definition) is 1. The zero-order valence-corrected chi connectivity index (χ0v) is 14.9. The van der Waals surface area contributed by atoms with E-state index in [0.717, 1.165) is 31.6 Å². The predicted octanol–water partition coefficient (Wildman–Crippen LogP) is 4.03. The summed E-state index contributed by atoms with van der Waals surface area (Å²) >= 11 is 0. The molecule has 0 radical (unpaired) electrons. The molecule has 1 amide bonds. The average Bonchev–Trinajstić information content (AvgIpc) is 2.53. The van der Waals surface area contributed by atoms with Crippen molar-refractivity contribution in [2.24, 2.45) is 11.8 Å². The molecule has 0 atom stereocenters. The van der Waals surface area contributed by atoms with Gasteiger partial charge in [-0.1, -0.05) is 32.3 Å². The molecular weight excluding hydrogens is 310 g/mol. The van der Waals surface area contributed by atoms with Crippen LogP contribution in [-0.4, -0.2) is 20.6 Å². The summed E-state index contributed by atoms with van der Waals surface area (Å²) in [5.74, 6) is 0.840. The monoisotopic (exact) mass is 337 g/mol. The molecule has 0 aliphatic heterocycles. The lowest BCUT2D eigenvalue weighted by Gasteiger charge is -2.27. The molecule has 1 N–H and O–H groups in total. The number of hydrogen-bond acceptors (Lipinski definition) is 3. The lowest BCUT2D eigenvalue weighted by atomic mass is 9.79. The maximum atomic E-state index is 12.4. The van der Waals surface area contributed by atoms with E-state index in [0.29, 0.717) is 5.69 Å². The molecule has 1 aliphatic rings. The molecule has 2 rings (SSSR count). The van der Waals surface area contributed by atoms with E-state index in [1.165, 1.54) is 31.6 Å². The number of sulfone groups is 1. The second kappa shape index (κ2) is 7.95. The summed E-state index contributed by atoms with van der Waals surface area (Å²) < 4.78 is 23.2. The number of rotatable bonds is 6. The van der Waals surface area contributed by atoms with E-state index in [4.69, 9.17) is 0 Å². The van der Waals surface area contributed by atoms with E-state index in [2.05, 4.69) is 12.2 Å². The standard InChI is InChI=1S/C18H27NO3S/c1-3-4-6-14-9-11-15(12-10-14)18(20)19-16-7-5-8-17(13-16)23(2,21)22/h5,7-8,13-15H,3-4,6,9-12H2,1-2H3,(H,19,20). The molecule has 0 bridgehead atoms. The van der Waals surface area contributed by atoms with Crippen LogP contribution in [-0.2, 0) is 14.6 Å². The Morgan fingerprint density at radius 2 is 1.91 bits per heavy atom. The number of unbranched alkanes of at least 4 members (excludes halogenated alkanes) is 1. The van der Waals surface area contributed by atoms with E-state index in [9.17, 15) is 13.2 Å². The molecule has 0 saturated heterocycles. The smallest absolute Gasteiger partial charge is 0.227 e. The van der Waals surface area contributed by atoms with Crippen molar-refractivity contribution in [2.45, 2.75) is 56.8 Å². The Balaban J connectivity index is 1.91. The van der Waals surface area contributed by atoms with Crippen LogP contribution in [0.25, 0.3) is 0 Å². The highest BCUT2D eigenvalue weighted by Crippen LogP contribution is 2.32. The van der Waals surface area contributed by atoms with Gasteiger partial charge >= 0.3 is 0 Å². The third kappa shape index (κ3) is 5.34. The van der Waals surface area contributed by atoms with Crippen LogP contribution in [0, 0.1) is 11.8 Å². The fraction of sp³-hybridized carbons (Fsp3) is 0.611. The Hall–Kier alpha value is -1.36. The molecule has 0 unspecified atom stereocenters. The summed E-state index contributed by atoms with van der Waals surface area (Å²) in [6.07, 6.45) is 9.09. The van der Waals surface area contributed by atoms with E-state index < -0.39 is 9.84 Å². The van der Waals surface area contributed by atoms with Gasteiger partial charge in [-0.2, -0.15) is 0 Å². The van der Waals surface area contributed by atoms with Crippen molar-refractivity contribution in [3.63, 3.8) is 0 Å². The normalized spacial score (nSPS) is 21.8. The molecule has 0 heterocycles. The Kier molecular flexibility index (Phi) is 6.22. The van der Waals surface area contributed by atoms with Crippen LogP contribution < -0.4 is 5.32 Å². The lowest BCUT2D eigenvalue weighted by molar-refractivity contribution is -0.121. The quantitative estimate of drug-likeness (QED) is 0.852. The zero-order chi connectivity index (χ0) is 16.9. The van der Waals surface area contributed by atoms with Crippen LogP contribution in [0.3, 0.4) is 0 Å². The van der Waals surface area contributed by atoms with E-state index in [-0.39, 0.29) is 16.7 Å². The first kappa shape index (κ1) is 18.0. The maximum Gasteiger partial charge on any atom is 0.227 e. The maximum absolute atomic E-state index is 12.4. The van der Waals surface area contributed by atoms with Crippen molar-refractivity contribution >= 4 is 21.4 Å². The van der Waals surface area contributed by atoms with Gasteiger partial charge in [0, 0.05) is 17.9 Å². The first-order valence-corrected chi connectivity index (χ1v) is 10.4. The molecule has 4 nitrogen and oxygen atoms in total. The number of carbonyl (C=O) groups excluding carboxylic acids is 1. The van der Waals surface area contributed by atoms with Crippen LogP contribution in [0.2, 0.25) is 0 Å². The molecule has 23 heavy (non-hydrogen) atoms. The molecular formula is C18H27NO3S. The summed E-state index contributed by atoms with van der Waals surface area (Å²) in [5, 5.41) is 2.88. The van der Waals surface area contributed by atoms with Crippen molar-refractivity contribution in [1.29, 1.82) is 0 Å². The fourth-order valence-corrected chi connectivity index (χ4v) is 3.92. The summed E-state index contributed by atoms with van der Waals surface area (Å²) in [4.78, 5) is 12.6. The Morgan fingerprint density at radius 1 is 1.22 bits per heavy atom. The zero-order valence-electron chi connectivity index (χ0n) is 14.0. The largest absolute Gasteiger partial charge is 0.326 e. The molecule has 1 aromatic carbocycles. The summed E-state index contributed by atoms with van der Waals surface area (Å²) in [6.45, 7) is 2.21. The van der Waals surface area contributed by atoms with Gasteiger partial charge in [-0.25, -0.2) is 8.42 Å². The van der Waals surface area contributed by atoms with E-state index in [1.54, 1.807) is 18.2 Å². The molecule has 128 valence electrons. The Bertz CT molecular complexity index is 631. The van der Waals surface area contributed by atoms with Crippen molar-refractivity contribution in [2.75, 3.05) is 11.6 Å². The summed E-state index contributed by atoms with van der Waals surface area (Å²) in [7, 11) is -3.25. The third-order valence-electron chi connectivity index (χ3n) is 4.71. The van der Waals surface area contributed by atoms with Crippen LogP contribution >= 0.6 is 0 Å². The van der Waals surface area contributed by atoms with Gasteiger partial charge in [0.15, 0.2) is 9.84 Å². The minimum Gasteiger partial charge on any atom is -0.326 e. The number of anilines is 1. The van der Waals surface area contributed by atoms with Gasteiger partial charge in [-0.05, 0) is 49.8 Å². The van der Waals surface area contributed by atoms with E-state index in [1.807, 2.05) is 0 Å². The summed E-state index contributed by atoms with van der Waals surface area (Å²) in [6, 6.07) is 6.47. The van der Waals surface area contributed by atoms with E-state index >= 15 is 0 Å². The lowest BCUT2D eigenvalue weighted by Crippen LogP contribution is -2.27. The number of nitrogens with one attached hydrogen (secondary N) is 1. The highest BCUT2D eigenvalue weighted by Gasteiger charge is 2.26. The van der Waals surface area contributed by atoms with Crippen LogP contribution in [0.15, 0.2) is 29.2 Å². The van der Waals surface area contributed by atoms with Crippen molar-refractivity contribution < 1.29 is 13.2 Å². The summed E-state index contributed by atoms with van der Waals surface area (Å²) in [5.41, 5.74) is 0.561. The van der Waals surface area contributed by atoms with Gasteiger partial charge in [0.2, 0.25) is 5.91 Å². The van der Waals surface area contributed by atoms with Gasteiger partial charge in [-0.15, -0.1) is 0 Å². The molecule has 5 heteroatoms. The topological polar surface area (TPSA) is 63.2 Å². The number of amides is 1. The highest BCUT2D eigenvalue weighted by molar-refractivity contribution is 7.90. The fourth-order valence-electron chi connectivity index (χ4n) is 3.25.